The fourth-order valence-electron chi connectivity index (χ4n) is 3.07. The van der Waals surface area contributed by atoms with Crippen LogP contribution < -0.4 is 0 Å². The van der Waals surface area contributed by atoms with Crippen LogP contribution >= 0.6 is 0 Å². The van der Waals surface area contributed by atoms with Gasteiger partial charge in [-0.15, -0.1) is 0 Å². The van der Waals surface area contributed by atoms with Gasteiger partial charge >= 0.3 is 0 Å². The molecular formula is C18H18. The van der Waals surface area contributed by atoms with E-state index in [1.807, 2.05) is 0 Å². The summed E-state index contributed by atoms with van der Waals surface area (Å²) in [4.78, 5) is 0. The van der Waals surface area contributed by atoms with Crippen molar-refractivity contribution in [3.05, 3.63) is 59.7 Å². The van der Waals surface area contributed by atoms with Gasteiger partial charge < -0.3 is 0 Å². The van der Waals surface area contributed by atoms with Crippen LogP contribution in [0.15, 0.2) is 48.5 Å². The summed E-state index contributed by atoms with van der Waals surface area (Å²) in [6, 6.07) is 17.6. The molecule has 0 saturated heterocycles. The number of aryl methyl sites for hydroxylation is 2. The largest absolute Gasteiger partial charge is 0.0616 e. The molecule has 0 aliphatic carbocycles. The van der Waals surface area contributed by atoms with Crippen molar-refractivity contribution in [1.29, 1.82) is 0 Å². The monoisotopic (exact) mass is 234 g/mol. The Balaban J connectivity index is 2.61. The van der Waals surface area contributed by atoms with E-state index in [1.54, 1.807) is 0 Å². The molecule has 3 aromatic rings. The number of hydrogen-bond acceptors (Lipinski definition) is 0. The molecular weight excluding hydrogens is 216 g/mol. The van der Waals surface area contributed by atoms with E-state index in [9.17, 15) is 0 Å². The fourth-order valence-corrected chi connectivity index (χ4v) is 3.07. The van der Waals surface area contributed by atoms with Crippen LogP contribution in [-0.4, -0.2) is 0 Å². The van der Waals surface area contributed by atoms with Crippen LogP contribution in [0.2, 0.25) is 0 Å². The predicted octanol–water partition coefficient (Wildman–Crippen LogP) is 5.12. The molecule has 3 rings (SSSR count). The first-order valence-corrected chi connectivity index (χ1v) is 6.78. The second-order valence-electron chi connectivity index (χ2n) is 4.76. The van der Waals surface area contributed by atoms with Crippen molar-refractivity contribution in [2.45, 2.75) is 26.7 Å². The Labute approximate surface area is 108 Å². The first-order valence-electron chi connectivity index (χ1n) is 6.78. The number of hydrogen-bond donors (Lipinski definition) is 0. The molecule has 0 bridgehead atoms. The second kappa shape index (κ2) is 4.45. The lowest BCUT2D eigenvalue weighted by atomic mass is 9.90. The molecule has 0 N–H and O–H groups in total. The van der Waals surface area contributed by atoms with Crippen LogP contribution in [0.5, 0.6) is 0 Å². The second-order valence-corrected chi connectivity index (χ2v) is 4.76. The highest BCUT2D eigenvalue weighted by molar-refractivity contribution is 6.05. The molecule has 0 saturated carbocycles. The van der Waals surface area contributed by atoms with Crippen molar-refractivity contribution >= 4 is 21.5 Å². The number of fused-ring (bicyclic) bond motifs is 2. The molecule has 90 valence electrons. The van der Waals surface area contributed by atoms with E-state index in [0.29, 0.717) is 0 Å². The predicted molar refractivity (Wildman–Crippen MR) is 80.2 cm³/mol. The maximum Gasteiger partial charge on any atom is -0.0143 e. The normalized spacial score (nSPS) is 11.2. The van der Waals surface area contributed by atoms with Crippen molar-refractivity contribution in [3.63, 3.8) is 0 Å². The third-order valence-corrected chi connectivity index (χ3v) is 3.86. The Morgan fingerprint density at radius 3 is 1.06 bits per heavy atom. The zero-order valence-corrected chi connectivity index (χ0v) is 11.0. The van der Waals surface area contributed by atoms with E-state index >= 15 is 0 Å². The molecule has 0 unspecified atom stereocenters. The molecule has 3 aromatic carbocycles. The van der Waals surface area contributed by atoms with Crippen LogP contribution in [0, 0.1) is 0 Å². The smallest absolute Gasteiger partial charge is 0.0143 e. The summed E-state index contributed by atoms with van der Waals surface area (Å²) in [5.74, 6) is 0. The minimum Gasteiger partial charge on any atom is -0.0616 e. The fraction of sp³-hybridized carbons (Fsp3) is 0.222. The Bertz CT molecular complexity index is 589. The van der Waals surface area contributed by atoms with Gasteiger partial charge in [-0.25, -0.2) is 0 Å². The van der Waals surface area contributed by atoms with E-state index in [0.717, 1.165) is 12.8 Å². The highest BCUT2D eigenvalue weighted by Crippen LogP contribution is 2.33. The highest BCUT2D eigenvalue weighted by atomic mass is 14.1. The average molecular weight is 234 g/mol. The summed E-state index contributed by atoms with van der Waals surface area (Å²) in [6.45, 7) is 4.50. The zero-order valence-electron chi connectivity index (χ0n) is 11.0. The molecule has 18 heavy (non-hydrogen) atoms. The first kappa shape index (κ1) is 11.3. The third-order valence-electron chi connectivity index (χ3n) is 3.86. The SMILES string of the molecule is CCc1c2ccccc2c(CC)c2ccccc12. The van der Waals surface area contributed by atoms with Gasteiger partial charge in [0.1, 0.15) is 0 Å². The van der Waals surface area contributed by atoms with Crippen molar-refractivity contribution in [3.8, 4) is 0 Å². The average Bonchev–Trinajstić information content (AvgIpc) is 2.44. The first-order chi connectivity index (χ1) is 8.86. The van der Waals surface area contributed by atoms with E-state index in [2.05, 4.69) is 62.4 Å². The topological polar surface area (TPSA) is 0 Å². The van der Waals surface area contributed by atoms with Crippen molar-refractivity contribution in [2.75, 3.05) is 0 Å². The molecule has 0 fully saturated rings. The van der Waals surface area contributed by atoms with Crippen LogP contribution in [0.25, 0.3) is 21.5 Å². The summed E-state index contributed by atoms with van der Waals surface area (Å²) < 4.78 is 0. The van der Waals surface area contributed by atoms with Gasteiger partial charge in [0.05, 0.1) is 0 Å². The standard InChI is InChI=1S/C18H18/c1-3-13-15-9-5-7-11-17(15)14(4-2)18-12-8-6-10-16(13)18/h5-12H,3-4H2,1-2H3. The van der Waals surface area contributed by atoms with E-state index in [4.69, 9.17) is 0 Å². The van der Waals surface area contributed by atoms with Gasteiger partial charge in [0, 0.05) is 0 Å². The van der Waals surface area contributed by atoms with E-state index in [-0.39, 0.29) is 0 Å². The van der Waals surface area contributed by atoms with Gasteiger partial charge in [0.25, 0.3) is 0 Å². The van der Waals surface area contributed by atoms with Gasteiger partial charge in [0.2, 0.25) is 0 Å². The minimum absolute atomic E-state index is 1.09. The summed E-state index contributed by atoms with van der Waals surface area (Å²) in [5.41, 5.74) is 2.97. The van der Waals surface area contributed by atoms with Crippen LogP contribution in [0.1, 0.15) is 25.0 Å². The quantitative estimate of drug-likeness (QED) is 0.540. The Hall–Kier alpha value is -1.82. The molecule has 0 amide bonds. The molecule has 0 heterocycles. The molecule has 0 aliphatic heterocycles. The molecule has 0 spiro atoms. The third kappa shape index (κ3) is 1.53. The van der Waals surface area contributed by atoms with Crippen LogP contribution in [-0.2, 0) is 12.8 Å². The lowest BCUT2D eigenvalue weighted by molar-refractivity contribution is 1.15. The maximum atomic E-state index is 2.26. The zero-order chi connectivity index (χ0) is 12.5. The van der Waals surface area contributed by atoms with Gasteiger partial charge in [0.15, 0.2) is 0 Å². The summed E-state index contributed by atoms with van der Waals surface area (Å²) in [6.07, 6.45) is 2.18. The number of rotatable bonds is 2. The molecule has 0 aromatic heterocycles. The molecule has 0 atom stereocenters. The lowest BCUT2D eigenvalue weighted by Gasteiger charge is -2.14. The van der Waals surface area contributed by atoms with Crippen molar-refractivity contribution in [1.82, 2.24) is 0 Å². The maximum absolute atomic E-state index is 2.26. The molecule has 0 radical (unpaired) electrons. The Morgan fingerprint density at radius 1 is 0.556 bits per heavy atom. The van der Waals surface area contributed by atoms with Crippen molar-refractivity contribution in [2.24, 2.45) is 0 Å². The molecule has 0 heteroatoms. The summed E-state index contributed by atoms with van der Waals surface area (Å²) in [7, 11) is 0. The van der Waals surface area contributed by atoms with Gasteiger partial charge in [-0.05, 0) is 45.5 Å². The van der Waals surface area contributed by atoms with Crippen molar-refractivity contribution < 1.29 is 0 Å². The minimum atomic E-state index is 1.09. The highest BCUT2D eigenvalue weighted by Gasteiger charge is 2.10. The molecule has 0 aliphatic rings. The van der Waals surface area contributed by atoms with Gasteiger partial charge in [-0.1, -0.05) is 62.4 Å². The van der Waals surface area contributed by atoms with E-state index < -0.39 is 0 Å². The Morgan fingerprint density at radius 2 is 0.833 bits per heavy atom. The van der Waals surface area contributed by atoms with Gasteiger partial charge in [-0.2, -0.15) is 0 Å². The van der Waals surface area contributed by atoms with Crippen LogP contribution in [0.4, 0.5) is 0 Å². The lowest BCUT2D eigenvalue weighted by Crippen LogP contribution is -1.93. The molecule has 0 nitrogen and oxygen atoms in total. The van der Waals surface area contributed by atoms with E-state index in [1.165, 1.54) is 32.7 Å². The summed E-state index contributed by atoms with van der Waals surface area (Å²) >= 11 is 0. The van der Waals surface area contributed by atoms with Crippen LogP contribution in [0.3, 0.4) is 0 Å². The Kier molecular flexibility index (Phi) is 2.79. The summed E-state index contributed by atoms with van der Waals surface area (Å²) in [5, 5.41) is 5.71. The number of benzene rings is 3. The van der Waals surface area contributed by atoms with Gasteiger partial charge in [-0.3, -0.25) is 0 Å².